The summed E-state index contributed by atoms with van der Waals surface area (Å²) in [6.45, 7) is 4.42. The van der Waals surface area contributed by atoms with E-state index in [2.05, 4.69) is 0 Å². The van der Waals surface area contributed by atoms with Crippen LogP contribution in [-0.4, -0.2) is 42.8 Å². The summed E-state index contributed by atoms with van der Waals surface area (Å²) in [6.07, 6.45) is 0.918. The van der Waals surface area contributed by atoms with Crippen molar-refractivity contribution in [1.29, 1.82) is 5.26 Å². The Balaban J connectivity index is 2.75. The zero-order valence-corrected chi connectivity index (χ0v) is 10.7. The van der Waals surface area contributed by atoms with E-state index in [0.29, 0.717) is 13.0 Å². The van der Waals surface area contributed by atoms with Gasteiger partial charge in [-0.1, -0.05) is 0 Å². The lowest BCUT2D eigenvalue weighted by Gasteiger charge is -2.26. The number of carbonyl (C=O) groups excluding carboxylic acids is 2. The van der Waals surface area contributed by atoms with E-state index in [1.807, 2.05) is 6.07 Å². The molecule has 1 fully saturated rings. The molecule has 2 atom stereocenters. The molecule has 0 aromatic rings. The van der Waals surface area contributed by atoms with Gasteiger partial charge in [-0.3, -0.25) is 4.79 Å². The van der Waals surface area contributed by atoms with Gasteiger partial charge in [0.15, 0.2) is 5.92 Å². The first-order valence-electron chi connectivity index (χ1n) is 6.15. The lowest BCUT2D eigenvalue weighted by Crippen LogP contribution is -2.43. The summed E-state index contributed by atoms with van der Waals surface area (Å²) >= 11 is 0. The molecule has 0 aliphatic carbocycles. The molecule has 0 saturated carbocycles. The van der Waals surface area contributed by atoms with E-state index in [0.717, 1.165) is 6.42 Å². The summed E-state index contributed by atoms with van der Waals surface area (Å²) in [5, 5.41) is 9.08. The van der Waals surface area contributed by atoms with Crippen molar-refractivity contribution < 1.29 is 19.1 Å². The number of nitriles is 1. The first-order chi connectivity index (χ1) is 8.65. The summed E-state index contributed by atoms with van der Waals surface area (Å²) in [4.78, 5) is 24.8. The molecule has 100 valence electrons. The molecule has 6 nitrogen and oxygen atoms in total. The van der Waals surface area contributed by atoms with Crippen molar-refractivity contribution in [2.24, 2.45) is 5.92 Å². The Kier molecular flexibility index (Phi) is 5.43. The lowest BCUT2D eigenvalue weighted by molar-refractivity contribution is -0.147. The van der Waals surface area contributed by atoms with Crippen molar-refractivity contribution in [3.8, 4) is 6.07 Å². The van der Waals surface area contributed by atoms with Gasteiger partial charge in [-0.15, -0.1) is 0 Å². The number of amides is 1. The number of esters is 1. The van der Waals surface area contributed by atoms with E-state index in [4.69, 9.17) is 14.7 Å². The van der Waals surface area contributed by atoms with E-state index >= 15 is 0 Å². The molecule has 1 heterocycles. The van der Waals surface area contributed by atoms with Crippen LogP contribution in [0.4, 0.5) is 4.79 Å². The Morgan fingerprint density at radius 3 is 2.61 bits per heavy atom. The first-order valence-corrected chi connectivity index (χ1v) is 6.15. The maximum Gasteiger partial charge on any atom is 0.410 e. The van der Waals surface area contributed by atoms with Gasteiger partial charge in [0.2, 0.25) is 0 Å². The van der Waals surface area contributed by atoms with E-state index in [1.54, 1.807) is 13.8 Å². The zero-order valence-electron chi connectivity index (χ0n) is 10.7. The second-order valence-electron chi connectivity index (χ2n) is 3.96. The molecule has 1 rings (SSSR count). The Bertz CT molecular complexity index is 350. The molecule has 0 N–H and O–H groups in total. The summed E-state index contributed by atoms with van der Waals surface area (Å²) in [6, 6.07) is 1.49. The minimum atomic E-state index is -0.933. The highest BCUT2D eigenvalue weighted by Crippen LogP contribution is 2.25. The van der Waals surface area contributed by atoms with Crippen LogP contribution in [0.5, 0.6) is 0 Å². The van der Waals surface area contributed by atoms with Gasteiger partial charge in [-0.2, -0.15) is 5.26 Å². The minimum absolute atomic E-state index is 0.225. The Labute approximate surface area is 106 Å². The van der Waals surface area contributed by atoms with Gasteiger partial charge in [0.25, 0.3) is 0 Å². The van der Waals surface area contributed by atoms with Gasteiger partial charge in [0, 0.05) is 6.54 Å². The SMILES string of the molecule is CCOC(=O)C(C#N)C1CCCN1C(=O)OCC. The van der Waals surface area contributed by atoms with Crippen molar-refractivity contribution in [3.05, 3.63) is 0 Å². The van der Waals surface area contributed by atoms with Crippen LogP contribution in [0.1, 0.15) is 26.7 Å². The molecule has 0 spiro atoms. The van der Waals surface area contributed by atoms with Gasteiger partial charge in [0.05, 0.1) is 25.3 Å². The number of likely N-dealkylation sites (tertiary alicyclic amines) is 1. The van der Waals surface area contributed by atoms with Gasteiger partial charge >= 0.3 is 12.1 Å². The molecular weight excluding hydrogens is 236 g/mol. The van der Waals surface area contributed by atoms with E-state index < -0.39 is 24.0 Å². The normalized spacial score (nSPS) is 20.1. The topological polar surface area (TPSA) is 79.6 Å². The third-order valence-electron chi connectivity index (χ3n) is 2.87. The van der Waals surface area contributed by atoms with Crippen molar-refractivity contribution in [2.45, 2.75) is 32.7 Å². The largest absolute Gasteiger partial charge is 0.465 e. The predicted molar refractivity (Wildman–Crippen MR) is 62.5 cm³/mol. The molecule has 2 unspecified atom stereocenters. The number of carbonyl (C=O) groups is 2. The Hall–Kier alpha value is -1.77. The highest BCUT2D eigenvalue weighted by atomic mass is 16.6. The average molecular weight is 254 g/mol. The zero-order chi connectivity index (χ0) is 13.5. The fourth-order valence-corrected chi connectivity index (χ4v) is 2.10. The van der Waals surface area contributed by atoms with Crippen LogP contribution < -0.4 is 0 Å². The fourth-order valence-electron chi connectivity index (χ4n) is 2.10. The standard InChI is InChI=1S/C12H18N2O4/c1-3-17-11(15)9(8-13)10-6-5-7-14(10)12(16)18-4-2/h9-10H,3-7H2,1-2H3. The summed E-state index contributed by atoms with van der Waals surface area (Å²) < 4.78 is 9.77. The van der Waals surface area contributed by atoms with Crippen LogP contribution in [0.3, 0.4) is 0 Å². The molecule has 18 heavy (non-hydrogen) atoms. The monoisotopic (exact) mass is 254 g/mol. The van der Waals surface area contributed by atoms with Gasteiger partial charge in [0.1, 0.15) is 0 Å². The Morgan fingerprint density at radius 2 is 2.06 bits per heavy atom. The molecular formula is C12H18N2O4. The molecule has 1 aliphatic heterocycles. The van der Waals surface area contributed by atoms with E-state index in [-0.39, 0.29) is 13.2 Å². The van der Waals surface area contributed by atoms with Crippen LogP contribution in [0.15, 0.2) is 0 Å². The van der Waals surface area contributed by atoms with Crippen LogP contribution >= 0.6 is 0 Å². The van der Waals surface area contributed by atoms with Crippen molar-refractivity contribution in [1.82, 2.24) is 4.90 Å². The highest BCUT2D eigenvalue weighted by Gasteiger charge is 2.40. The van der Waals surface area contributed by atoms with Crippen molar-refractivity contribution in [3.63, 3.8) is 0 Å². The minimum Gasteiger partial charge on any atom is -0.465 e. The quantitative estimate of drug-likeness (QED) is 0.707. The molecule has 0 aromatic heterocycles. The number of nitrogens with zero attached hydrogens (tertiary/aromatic N) is 2. The highest BCUT2D eigenvalue weighted by molar-refractivity contribution is 5.78. The molecule has 0 bridgehead atoms. The number of hydrogen-bond donors (Lipinski definition) is 0. The second-order valence-corrected chi connectivity index (χ2v) is 3.96. The van der Waals surface area contributed by atoms with Crippen LogP contribution in [0, 0.1) is 17.2 Å². The average Bonchev–Trinajstić information content (AvgIpc) is 2.80. The van der Waals surface area contributed by atoms with Gasteiger partial charge < -0.3 is 14.4 Å². The molecule has 0 radical (unpaired) electrons. The lowest BCUT2D eigenvalue weighted by atomic mass is 9.99. The third kappa shape index (κ3) is 3.13. The molecule has 1 amide bonds. The van der Waals surface area contributed by atoms with Gasteiger partial charge in [-0.25, -0.2) is 4.79 Å². The van der Waals surface area contributed by atoms with E-state index in [1.165, 1.54) is 4.90 Å². The third-order valence-corrected chi connectivity index (χ3v) is 2.87. The van der Waals surface area contributed by atoms with Crippen LogP contribution in [-0.2, 0) is 14.3 Å². The van der Waals surface area contributed by atoms with E-state index in [9.17, 15) is 9.59 Å². The maximum absolute atomic E-state index is 11.7. The molecule has 1 saturated heterocycles. The molecule has 1 aliphatic rings. The van der Waals surface area contributed by atoms with Crippen LogP contribution in [0.25, 0.3) is 0 Å². The van der Waals surface area contributed by atoms with Crippen LogP contribution in [0.2, 0.25) is 0 Å². The summed E-state index contributed by atoms with van der Waals surface area (Å²) in [7, 11) is 0. The Morgan fingerprint density at radius 1 is 1.39 bits per heavy atom. The van der Waals surface area contributed by atoms with Crippen molar-refractivity contribution in [2.75, 3.05) is 19.8 Å². The first kappa shape index (κ1) is 14.3. The fraction of sp³-hybridized carbons (Fsp3) is 0.750. The molecule has 6 heteroatoms. The summed E-state index contributed by atoms with van der Waals surface area (Å²) in [5.74, 6) is -1.50. The smallest absolute Gasteiger partial charge is 0.410 e. The number of rotatable bonds is 4. The number of ether oxygens (including phenoxy) is 2. The van der Waals surface area contributed by atoms with Gasteiger partial charge in [-0.05, 0) is 26.7 Å². The molecule has 0 aromatic carbocycles. The second kappa shape index (κ2) is 6.84. The summed E-state index contributed by atoms with van der Waals surface area (Å²) in [5.41, 5.74) is 0. The van der Waals surface area contributed by atoms with Crippen molar-refractivity contribution >= 4 is 12.1 Å². The maximum atomic E-state index is 11.7. The number of hydrogen-bond acceptors (Lipinski definition) is 5. The predicted octanol–water partition coefficient (Wildman–Crippen LogP) is 1.31.